The Balaban J connectivity index is 1.69. The fourth-order valence-electron chi connectivity index (χ4n) is 2.46. The Morgan fingerprint density at radius 3 is 3.00 bits per heavy atom. The molecule has 3 rings (SSSR count). The lowest BCUT2D eigenvalue weighted by atomic mass is 10.1. The first-order chi connectivity index (χ1) is 10.7. The van der Waals surface area contributed by atoms with Crippen molar-refractivity contribution in [1.82, 2.24) is 0 Å². The summed E-state index contributed by atoms with van der Waals surface area (Å²) in [5.74, 6) is 0.599. The first-order valence-electron chi connectivity index (χ1n) is 6.92. The highest BCUT2D eigenvalue weighted by molar-refractivity contribution is 5.92. The fourth-order valence-corrected chi connectivity index (χ4v) is 2.46. The molecule has 0 saturated carbocycles. The molecule has 0 N–H and O–H groups in total. The highest BCUT2D eigenvalue weighted by atomic mass is 16.7. The number of fused-ring (bicyclic) bond motifs is 1. The Kier molecular flexibility index (Phi) is 4.15. The van der Waals surface area contributed by atoms with Crippen molar-refractivity contribution >= 4 is 11.9 Å². The van der Waals surface area contributed by atoms with Crippen LogP contribution < -0.4 is 4.74 Å². The van der Waals surface area contributed by atoms with Crippen LogP contribution in [-0.2, 0) is 25.7 Å². The molecular formula is C15H17NO6. The molecule has 1 aromatic rings. The molecule has 118 valence electrons. The van der Waals surface area contributed by atoms with Crippen molar-refractivity contribution in [2.24, 2.45) is 11.1 Å². The van der Waals surface area contributed by atoms with E-state index in [1.54, 1.807) is 12.1 Å². The Hall–Kier alpha value is -2.28. The molecule has 2 atom stereocenters. The molecule has 0 bridgehead atoms. The zero-order chi connectivity index (χ0) is 15.5. The average Bonchev–Trinajstić information content (AvgIpc) is 3.15. The number of hydrogen-bond acceptors (Lipinski definition) is 7. The van der Waals surface area contributed by atoms with Crippen LogP contribution in [-0.4, -0.2) is 45.4 Å². The van der Waals surface area contributed by atoms with Gasteiger partial charge in [0.2, 0.25) is 5.90 Å². The summed E-state index contributed by atoms with van der Waals surface area (Å²) in [6.45, 7) is 1.37. The third kappa shape index (κ3) is 2.71. The van der Waals surface area contributed by atoms with Crippen LogP contribution in [0.3, 0.4) is 0 Å². The lowest BCUT2D eigenvalue weighted by Gasteiger charge is -2.11. The predicted octanol–water partition coefficient (Wildman–Crippen LogP) is 1.36. The molecule has 0 aromatic heterocycles. The molecule has 0 amide bonds. The molecule has 1 fully saturated rings. The van der Waals surface area contributed by atoms with Crippen molar-refractivity contribution in [2.75, 3.05) is 27.4 Å². The largest absolute Gasteiger partial charge is 0.496 e. The van der Waals surface area contributed by atoms with Gasteiger partial charge in [-0.1, -0.05) is 11.2 Å². The van der Waals surface area contributed by atoms with Crippen molar-refractivity contribution in [3.63, 3.8) is 0 Å². The zero-order valence-corrected chi connectivity index (χ0v) is 12.4. The van der Waals surface area contributed by atoms with Gasteiger partial charge in [0.1, 0.15) is 23.8 Å². The van der Waals surface area contributed by atoms with E-state index in [0.29, 0.717) is 30.4 Å². The molecule has 2 aliphatic rings. The van der Waals surface area contributed by atoms with Crippen LogP contribution in [0.1, 0.15) is 15.9 Å². The molecule has 1 saturated heterocycles. The normalized spacial score (nSPS) is 22.5. The van der Waals surface area contributed by atoms with Crippen molar-refractivity contribution < 1.29 is 28.6 Å². The average molecular weight is 307 g/mol. The maximum Gasteiger partial charge on any atom is 0.341 e. The van der Waals surface area contributed by atoms with E-state index in [2.05, 4.69) is 5.16 Å². The molecule has 1 aromatic carbocycles. The lowest BCUT2D eigenvalue weighted by molar-refractivity contribution is 0.0551. The van der Waals surface area contributed by atoms with Gasteiger partial charge < -0.3 is 23.8 Å². The summed E-state index contributed by atoms with van der Waals surface area (Å²) in [6.07, 6.45) is -0.0449. The van der Waals surface area contributed by atoms with Gasteiger partial charge in [0.15, 0.2) is 6.10 Å². The number of carbonyl (C=O) groups is 1. The molecule has 2 heterocycles. The third-order valence-electron chi connectivity index (χ3n) is 3.68. The minimum Gasteiger partial charge on any atom is -0.496 e. The van der Waals surface area contributed by atoms with Gasteiger partial charge in [0, 0.05) is 0 Å². The van der Waals surface area contributed by atoms with Gasteiger partial charge in [-0.15, -0.1) is 0 Å². The molecule has 2 unspecified atom stereocenters. The minimum atomic E-state index is -0.454. The molecule has 7 heteroatoms. The van der Waals surface area contributed by atoms with Gasteiger partial charge in [-0.25, -0.2) is 4.79 Å². The zero-order valence-electron chi connectivity index (χ0n) is 12.4. The Morgan fingerprint density at radius 2 is 2.23 bits per heavy atom. The van der Waals surface area contributed by atoms with Crippen molar-refractivity contribution in [2.45, 2.75) is 12.7 Å². The quantitative estimate of drug-likeness (QED) is 0.782. The third-order valence-corrected chi connectivity index (χ3v) is 3.68. The summed E-state index contributed by atoms with van der Waals surface area (Å²) >= 11 is 0. The van der Waals surface area contributed by atoms with E-state index in [4.69, 9.17) is 23.8 Å². The number of ether oxygens (including phenoxy) is 4. The second-order valence-electron chi connectivity index (χ2n) is 5.03. The molecular weight excluding hydrogens is 290 g/mol. The van der Waals surface area contributed by atoms with E-state index in [9.17, 15) is 4.79 Å². The van der Waals surface area contributed by atoms with Crippen LogP contribution in [0, 0.1) is 5.92 Å². The van der Waals surface area contributed by atoms with Gasteiger partial charge >= 0.3 is 5.97 Å². The summed E-state index contributed by atoms with van der Waals surface area (Å²) < 4.78 is 20.9. The first kappa shape index (κ1) is 14.6. The number of esters is 1. The Morgan fingerprint density at radius 1 is 1.36 bits per heavy atom. The van der Waals surface area contributed by atoms with E-state index in [-0.39, 0.29) is 18.6 Å². The summed E-state index contributed by atoms with van der Waals surface area (Å²) in [5.41, 5.74) is 1.17. The van der Waals surface area contributed by atoms with Crippen molar-refractivity contribution in [1.29, 1.82) is 0 Å². The SMILES string of the molecule is COC(=O)c1cc(COC2=NOC3COCC23)ccc1OC. The van der Waals surface area contributed by atoms with E-state index in [1.807, 2.05) is 6.07 Å². The number of benzene rings is 1. The van der Waals surface area contributed by atoms with E-state index in [0.717, 1.165) is 5.56 Å². The second-order valence-corrected chi connectivity index (χ2v) is 5.03. The van der Waals surface area contributed by atoms with Crippen LogP contribution in [0.2, 0.25) is 0 Å². The number of hydrogen-bond donors (Lipinski definition) is 0. The van der Waals surface area contributed by atoms with E-state index < -0.39 is 5.97 Å². The topological polar surface area (TPSA) is 75.6 Å². The summed E-state index contributed by atoms with van der Waals surface area (Å²) in [5, 5.41) is 3.94. The number of oxime groups is 1. The predicted molar refractivity (Wildman–Crippen MR) is 75.7 cm³/mol. The highest BCUT2D eigenvalue weighted by Gasteiger charge is 2.40. The van der Waals surface area contributed by atoms with Crippen LogP contribution >= 0.6 is 0 Å². The molecule has 7 nitrogen and oxygen atoms in total. The van der Waals surface area contributed by atoms with E-state index in [1.165, 1.54) is 14.2 Å². The summed E-state index contributed by atoms with van der Waals surface area (Å²) in [7, 11) is 2.83. The minimum absolute atomic E-state index is 0.0449. The molecule has 0 aliphatic carbocycles. The smallest absolute Gasteiger partial charge is 0.341 e. The number of methoxy groups -OCH3 is 2. The highest BCUT2D eigenvalue weighted by Crippen LogP contribution is 2.26. The van der Waals surface area contributed by atoms with Gasteiger partial charge in [-0.2, -0.15) is 0 Å². The van der Waals surface area contributed by atoms with E-state index >= 15 is 0 Å². The maximum atomic E-state index is 11.8. The van der Waals surface area contributed by atoms with Crippen LogP contribution in [0.25, 0.3) is 0 Å². The second kappa shape index (κ2) is 6.23. The number of rotatable bonds is 4. The monoisotopic (exact) mass is 307 g/mol. The summed E-state index contributed by atoms with van der Waals surface area (Å²) in [4.78, 5) is 17.0. The van der Waals surface area contributed by atoms with Gasteiger partial charge in [-0.3, -0.25) is 0 Å². The lowest BCUT2D eigenvalue weighted by Crippen LogP contribution is -2.22. The maximum absolute atomic E-state index is 11.8. The fraction of sp³-hybridized carbons (Fsp3) is 0.467. The Labute approximate surface area is 127 Å². The molecule has 0 radical (unpaired) electrons. The van der Waals surface area contributed by atoms with Crippen molar-refractivity contribution in [3.8, 4) is 5.75 Å². The van der Waals surface area contributed by atoms with Crippen LogP contribution in [0.5, 0.6) is 5.75 Å². The van der Waals surface area contributed by atoms with Crippen molar-refractivity contribution in [3.05, 3.63) is 29.3 Å². The van der Waals surface area contributed by atoms with Gasteiger partial charge in [0.05, 0.1) is 27.4 Å². The molecule has 0 spiro atoms. The summed E-state index contributed by atoms with van der Waals surface area (Å²) in [6, 6.07) is 5.22. The van der Waals surface area contributed by atoms with Crippen LogP contribution in [0.15, 0.2) is 23.4 Å². The first-order valence-corrected chi connectivity index (χ1v) is 6.92. The Bertz CT molecular complexity index is 600. The number of nitrogens with zero attached hydrogens (tertiary/aromatic N) is 1. The standard InChI is InChI=1S/C15H17NO6/c1-18-12-4-3-9(5-10(12)15(17)19-2)6-21-14-11-7-20-8-13(11)22-16-14/h3-5,11,13H,6-8H2,1-2H3. The molecule has 2 aliphatic heterocycles. The van der Waals surface area contributed by atoms with Gasteiger partial charge in [0.25, 0.3) is 0 Å². The molecule has 22 heavy (non-hydrogen) atoms. The van der Waals surface area contributed by atoms with Crippen LogP contribution in [0.4, 0.5) is 0 Å². The van der Waals surface area contributed by atoms with Gasteiger partial charge in [-0.05, 0) is 17.7 Å². The number of carbonyl (C=O) groups excluding carboxylic acids is 1.